The van der Waals surface area contributed by atoms with Crippen LogP contribution in [0.25, 0.3) is 0 Å². The van der Waals surface area contributed by atoms with E-state index in [1.54, 1.807) is 4.90 Å². The van der Waals surface area contributed by atoms with Gasteiger partial charge in [-0.25, -0.2) is 15.4 Å². The van der Waals surface area contributed by atoms with Crippen molar-refractivity contribution in [2.45, 2.75) is 31.1 Å². The first-order chi connectivity index (χ1) is 10.2. The SMILES string of the molecule is O=C1CC(C(=O)N2CC(c3ncc(C4CC4)cn3)C2)=NN1. The Kier molecular flexibility index (Phi) is 2.73. The third kappa shape index (κ3) is 2.28. The van der Waals surface area contributed by atoms with Gasteiger partial charge in [-0.15, -0.1) is 0 Å². The first-order valence-corrected chi connectivity index (χ1v) is 7.17. The number of carbonyl (C=O) groups excluding carboxylic acids is 2. The molecule has 0 atom stereocenters. The summed E-state index contributed by atoms with van der Waals surface area (Å²) in [6.07, 6.45) is 6.38. The zero-order chi connectivity index (χ0) is 14.4. The molecule has 2 amide bonds. The summed E-state index contributed by atoms with van der Waals surface area (Å²) in [5.74, 6) is 1.25. The van der Waals surface area contributed by atoms with E-state index in [4.69, 9.17) is 0 Å². The molecule has 0 unspecified atom stereocenters. The topological polar surface area (TPSA) is 87.6 Å². The van der Waals surface area contributed by atoms with E-state index in [1.165, 1.54) is 18.4 Å². The smallest absolute Gasteiger partial charge is 0.270 e. The Bertz CT molecular complexity index is 629. The van der Waals surface area contributed by atoms with Crippen LogP contribution in [0, 0.1) is 0 Å². The summed E-state index contributed by atoms with van der Waals surface area (Å²) in [6, 6.07) is 0. The van der Waals surface area contributed by atoms with Gasteiger partial charge >= 0.3 is 0 Å². The lowest BCUT2D eigenvalue weighted by molar-refractivity contribution is -0.128. The van der Waals surface area contributed by atoms with Gasteiger partial charge < -0.3 is 4.90 Å². The third-order valence-electron chi connectivity index (χ3n) is 4.16. The van der Waals surface area contributed by atoms with Crippen LogP contribution in [0.3, 0.4) is 0 Å². The minimum atomic E-state index is -0.227. The average molecular weight is 285 g/mol. The lowest BCUT2D eigenvalue weighted by Crippen LogP contribution is -2.51. The Balaban J connectivity index is 1.36. The van der Waals surface area contributed by atoms with Gasteiger partial charge in [0, 0.05) is 25.5 Å². The Hall–Kier alpha value is -2.31. The van der Waals surface area contributed by atoms with E-state index in [1.807, 2.05) is 12.4 Å². The number of nitrogens with zero attached hydrogens (tertiary/aromatic N) is 4. The van der Waals surface area contributed by atoms with Gasteiger partial charge in [-0.3, -0.25) is 9.59 Å². The summed E-state index contributed by atoms with van der Waals surface area (Å²) in [5.41, 5.74) is 3.81. The Morgan fingerprint density at radius 2 is 1.90 bits per heavy atom. The van der Waals surface area contributed by atoms with Crippen LogP contribution in [0.1, 0.15) is 42.5 Å². The van der Waals surface area contributed by atoms with Crippen LogP contribution in [-0.2, 0) is 9.59 Å². The average Bonchev–Trinajstić information content (AvgIpc) is 3.20. The molecular weight excluding hydrogens is 270 g/mol. The van der Waals surface area contributed by atoms with Crippen molar-refractivity contribution in [3.05, 3.63) is 23.8 Å². The third-order valence-corrected chi connectivity index (χ3v) is 4.16. The minimum Gasteiger partial charge on any atom is -0.336 e. The fraction of sp³-hybridized carbons (Fsp3) is 0.500. The highest BCUT2D eigenvalue weighted by Crippen LogP contribution is 2.39. The summed E-state index contributed by atoms with van der Waals surface area (Å²) in [7, 11) is 0. The molecule has 1 saturated heterocycles. The number of rotatable bonds is 3. The van der Waals surface area contributed by atoms with Gasteiger partial charge in [0.2, 0.25) is 5.91 Å². The van der Waals surface area contributed by atoms with E-state index in [0.717, 1.165) is 5.82 Å². The van der Waals surface area contributed by atoms with E-state index in [9.17, 15) is 9.59 Å². The van der Waals surface area contributed by atoms with Gasteiger partial charge in [0.1, 0.15) is 11.5 Å². The molecule has 2 aliphatic heterocycles. The molecule has 1 aromatic heterocycles. The van der Waals surface area contributed by atoms with E-state index < -0.39 is 0 Å². The van der Waals surface area contributed by atoms with E-state index in [-0.39, 0.29) is 24.2 Å². The number of hydrazone groups is 1. The Labute approximate surface area is 121 Å². The van der Waals surface area contributed by atoms with Gasteiger partial charge in [-0.2, -0.15) is 5.10 Å². The highest BCUT2D eigenvalue weighted by molar-refractivity contribution is 6.43. The predicted octanol–water partition coefficient (Wildman–Crippen LogP) is 0.156. The number of aromatic nitrogens is 2. The molecule has 4 rings (SSSR count). The molecule has 0 spiro atoms. The molecular formula is C14H15N5O2. The van der Waals surface area contributed by atoms with Gasteiger partial charge in [0.25, 0.3) is 5.91 Å². The number of likely N-dealkylation sites (tertiary alicyclic amines) is 1. The monoisotopic (exact) mass is 285 g/mol. The highest BCUT2D eigenvalue weighted by Gasteiger charge is 2.37. The molecule has 1 saturated carbocycles. The molecule has 0 radical (unpaired) electrons. The predicted molar refractivity (Wildman–Crippen MR) is 73.5 cm³/mol. The van der Waals surface area contributed by atoms with Crippen molar-refractivity contribution in [3.63, 3.8) is 0 Å². The summed E-state index contributed by atoms with van der Waals surface area (Å²) in [4.78, 5) is 33.6. The van der Waals surface area contributed by atoms with Crippen LogP contribution >= 0.6 is 0 Å². The van der Waals surface area contributed by atoms with Crippen molar-refractivity contribution in [2.24, 2.45) is 5.10 Å². The summed E-state index contributed by atoms with van der Waals surface area (Å²) in [5, 5.41) is 3.75. The molecule has 1 N–H and O–H groups in total. The molecule has 2 fully saturated rings. The molecule has 21 heavy (non-hydrogen) atoms. The molecule has 3 aliphatic rings. The largest absolute Gasteiger partial charge is 0.336 e. The molecule has 7 heteroatoms. The molecule has 1 aliphatic carbocycles. The van der Waals surface area contributed by atoms with E-state index in [2.05, 4.69) is 20.5 Å². The van der Waals surface area contributed by atoms with Gasteiger partial charge in [-0.1, -0.05) is 0 Å². The summed E-state index contributed by atoms with van der Waals surface area (Å²) < 4.78 is 0. The summed E-state index contributed by atoms with van der Waals surface area (Å²) in [6.45, 7) is 1.18. The molecule has 1 aromatic rings. The first kappa shape index (κ1) is 12.4. The number of carbonyl (C=O) groups is 2. The maximum absolute atomic E-state index is 12.1. The first-order valence-electron chi connectivity index (χ1n) is 7.17. The van der Waals surface area contributed by atoms with Crippen LogP contribution in [0.2, 0.25) is 0 Å². The van der Waals surface area contributed by atoms with Gasteiger partial charge in [-0.05, 0) is 24.3 Å². The van der Waals surface area contributed by atoms with Crippen molar-refractivity contribution < 1.29 is 9.59 Å². The lowest BCUT2D eigenvalue weighted by Gasteiger charge is -2.38. The van der Waals surface area contributed by atoms with Crippen LogP contribution in [0.5, 0.6) is 0 Å². The number of nitrogens with one attached hydrogen (secondary N) is 1. The quantitative estimate of drug-likeness (QED) is 0.856. The molecule has 3 heterocycles. The molecule has 108 valence electrons. The molecule has 0 bridgehead atoms. The van der Waals surface area contributed by atoms with Crippen LogP contribution in [0.15, 0.2) is 17.5 Å². The second-order valence-corrected chi connectivity index (χ2v) is 5.83. The highest BCUT2D eigenvalue weighted by atomic mass is 16.2. The van der Waals surface area contributed by atoms with Gasteiger partial charge in [0.15, 0.2) is 0 Å². The van der Waals surface area contributed by atoms with Crippen LogP contribution < -0.4 is 5.43 Å². The van der Waals surface area contributed by atoms with E-state index in [0.29, 0.717) is 24.7 Å². The summed E-state index contributed by atoms with van der Waals surface area (Å²) >= 11 is 0. The van der Waals surface area contributed by atoms with Crippen molar-refractivity contribution >= 4 is 17.5 Å². The second-order valence-electron chi connectivity index (χ2n) is 5.83. The van der Waals surface area contributed by atoms with Crippen molar-refractivity contribution in [1.82, 2.24) is 20.3 Å². The lowest BCUT2D eigenvalue weighted by atomic mass is 9.98. The van der Waals surface area contributed by atoms with Crippen LogP contribution in [0.4, 0.5) is 0 Å². The van der Waals surface area contributed by atoms with E-state index >= 15 is 0 Å². The number of hydrogen-bond acceptors (Lipinski definition) is 5. The van der Waals surface area contributed by atoms with Crippen LogP contribution in [-0.4, -0.2) is 45.5 Å². The Morgan fingerprint density at radius 1 is 1.19 bits per heavy atom. The maximum Gasteiger partial charge on any atom is 0.270 e. The zero-order valence-corrected chi connectivity index (χ0v) is 11.5. The normalized spacial score (nSPS) is 21.8. The van der Waals surface area contributed by atoms with Crippen molar-refractivity contribution in [2.75, 3.05) is 13.1 Å². The van der Waals surface area contributed by atoms with Crippen molar-refractivity contribution in [1.29, 1.82) is 0 Å². The number of hydrogen-bond donors (Lipinski definition) is 1. The fourth-order valence-electron chi connectivity index (χ4n) is 2.66. The fourth-order valence-corrected chi connectivity index (χ4v) is 2.66. The van der Waals surface area contributed by atoms with Crippen molar-refractivity contribution in [3.8, 4) is 0 Å². The maximum atomic E-state index is 12.1. The molecule has 7 nitrogen and oxygen atoms in total. The number of amides is 2. The Morgan fingerprint density at radius 3 is 2.48 bits per heavy atom. The minimum absolute atomic E-state index is 0.0760. The zero-order valence-electron chi connectivity index (χ0n) is 11.5. The molecule has 0 aromatic carbocycles. The second kappa shape index (κ2) is 4.61. The van der Waals surface area contributed by atoms with Gasteiger partial charge in [0.05, 0.1) is 12.3 Å². The standard InChI is InChI=1S/C14H15N5O2/c20-12-3-11(17-18-12)14(21)19-6-10(7-19)13-15-4-9(5-16-13)8-1-2-8/h4-5,8,10H,1-3,6-7H2,(H,18,20).